The van der Waals surface area contributed by atoms with Crippen molar-refractivity contribution in [3.8, 4) is 5.75 Å². The van der Waals surface area contributed by atoms with E-state index >= 15 is 0 Å². The fourth-order valence-electron chi connectivity index (χ4n) is 2.71. The van der Waals surface area contributed by atoms with Gasteiger partial charge in [-0.15, -0.1) is 0 Å². The number of hydrogen-bond acceptors (Lipinski definition) is 3. The zero-order chi connectivity index (χ0) is 16.8. The van der Waals surface area contributed by atoms with Gasteiger partial charge in [0.15, 0.2) is 17.7 Å². The van der Waals surface area contributed by atoms with Crippen LogP contribution in [-0.2, 0) is 4.79 Å². The highest BCUT2D eigenvalue weighted by atomic mass is 19.1. The third-order valence-corrected chi connectivity index (χ3v) is 3.93. The predicted molar refractivity (Wildman–Crippen MR) is 88.9 cm³/mol. The number of para-hydroxylation sites is 1. The Bertz CT molecular complexity index is 554. The normalized spacial score (nSPS) is 16.9. The lowest BCUT2D eigenvalue weighted by molar-refractivity contribution is -0.140. The predicted octanol–water partition coefficient (Wildman–Crippen LogP) is 2.70. The molecule has 0 aromatic heterocycles. The van der Waals surface area contributed by atoms with Crippen molar-refractivity contribution in [3.63, 3.8) is 0 Å². The number of piperazine rings is 1. The summed E-state index contributed by atoms with van der Waals surface area (Å²) in [6, 6.07) is 6.19. The summed E-state index contributed by atoms with van der Waals surface area (Å²) in [5.74, 6) is -0.371. The van der Waals surface area contributed by atoms with Gasteiger partial charge >= 0.3 is 0 Å². The molecule has 23 heavy (non-hydrogen) atoms. The first-order valence-corrected chi connectivity index (χ1v) is 8.08. The topological polar surface area (TPSA) is 32.8 Å². The van der Waals surface area contributed by atoms with Gasteiger partial charge in [-0.3, -0.25) is 9.69 Å². The van der Waals surface area contributed by atoms with Crippen LogP contribution >= 0.6 is 0 Å². The minimum absolute atomic E-state index is 0.0641. The molecule has 2 rings (SSSR count). The molecule has 1 aromatic rings. The van der Waals surface area contributed by atoms with Crippen LogP contribution in [0.5, 0.6) is 5.75 Å². The van der Waals surface area contributed by atoms with E-state index in [4.69, 9.17) is 4.74 Å². The summed E-state index contributed by atoms with van der Waals surface area (Å²) in [6.45, 7) is 11.7. The lowest BCUT2D eigenvalue weighted by atomic mass is 10.2. The van der Waals surface area contributed by atoms with Gasteiger partial charge in [-0.2, -0.15) is 0 Å². The number of amides is 1. The van der Waals surface area contributed by atoms with Crippen molar-refractivity contribution >= 4 is 5.91 Å². The van der Waals surface area contributed by atoms with Gasteiger partial charge in [-0.25, -0.2) is 4.39 Å². The molecule has 1 aliphatic rings. The van der Waals surface area contributed by atoms with E-state index < -0.39 is 11.9 Å². The molecule has 0 saturated carbocycles. The quantitative estimate of drug-likeness (QED) is 0.756. The second-order valence-electron chi connectivity index (χ2n) is 6.00. The Morgan fingerprint density at radius 3 is 2.52 bits per heavy atom. The molecule has 126 valence electrons. The monoisotopic (exact) mass is 320 g/mol. The molecule has 1 aromatic carbocycles. The minimum atomic E-state index is -0.639. The van der Waals surface area contributed by atoms with E-state index in [9.17, 15) is 9.18 Å². The van der Waals surface area contributed by atoms with E-state index in [1.807, 2.05) is 18.7 Å². The molecule has 0 unspecified atom stereocenters. The maximum Gasteiger partial charge on any atom is 0.263 e. The average molecular weight is 320 g/mol. The first-order chi connectivity index (χ1) is 11.0. The zero-order valence-electron chi connectivity index (χ0n) is 13.9. The van der Waals surface area contributed by atoms with Crippen molar-refractivity contribution in [1.29, 1.82) is 0 Å². The molecule has 1 aliphatic heterocycles. The molecule has 0 aliphatic carbocycles. The molecule has 4 nitrogen and oxygen atoms in total. The third kappa shape index (κ3) is 4.79. The van der Waals surface area contributed by atoms with Gasteiger partial charge in [0.2, 0.25) is 0 Å². The number of carbonyl (C=O) groups excluding carboxylic acids is 1. The standard InChI is InChI=1S/C18H25FN2O2/c1-4-16(23-17-8-6-5-7-15(17)19)18(22)21-11-9-20(10-12-21)13-14(2)3/h5-8,16H,2,4,9-13H2,1,3H3/t16-/m1/s1. The third-order valence-electron chi connectivity index (χ3n) is 3.93. The Balaban J connectivity index is 1.93. The Labute approximate surface area is 137 Å². The van der Waals surface area contributed by atoms with E-state index in [1.54, 1.807) is 18.2 Å². The van der Waals surface area contributed by atoms with Crippen LogP contribution in [0, 0.1) is 5.82 Å². The number of benzene rings is 1. The number of rotatable bonds is 6. The molecule has 1 saturated heterocycles. The average Bonchev–Trinajstić information content (AvgIpc) is 2.54. The van der Waals surface area contributed by atoms with Crippen LogP contribution in [0.2, 0.25) is 0 Å². The Morgan fingerprint density at radius 1 is 1.30 bits per heavy atom. The maximum absolute atomic E-state index is 13.7. The fourth-order valence-corrected chi connectivity index (χ4v) is 2.71. The summed E-state index contributed by atoms with van der Waals surface area (Å²) in [7, 11) is 0. The lowest BCUT2D eigenvalue weighted by Crippen LogP contribution is -2.52. The van der Waals surface area contributed by atoms with Gasteiger partial charge in [0.25, 0.3) is 5.91 Å². The molecule has 0 radical (unpaired) electrons. The summed E-state index contributed by atoms with van der Waals surface area (Å²) >= 11 is 0. The van der Waals surface area contributed by atoms with Gasteiger partial charge in [-0.05, 0) is 25.5 Å². The Hall–Kier alpha value is -1.88. The van der Waals surface area contributed by atoms with Crippen LogP contribution in [-0.4, -0.2) is 54.5 Å². The molecular weight excluding hydrogens is 295 g/mol. The van der Waals surface area contributed by atoms with Gasteiger partial charge in [-0.1, -0.05) is 31.2 Å². The second kappa shape index (κ2) is 8.11. The number of nitrogens with zero attached hydrogens (tertiary/aromatic N) is 2. The van der Waals surface area contributed by atoms with E-state index in [1.165, 1.54) is 6.07 Å². The molecule has 0 spiro atoms. The fraction of sp³-hybridized carbons (Fsp3) is 0.500. The van der Waals surface area contributed by atoms with Gasteiger partial charge < -0.3 is 9.64 Å². The van der Waals surface area contributed by atoms with E-state index in [2.05, 4.69) is 11.5 Å². The van der Waals surface area contributed by atoms with Crippen LogP contribution < -0.4 is 4.74 Å². The van der Waals surface area contributed by atoms with Gasteiger partial charge in [0.05, 0.1) is 0 Å². The number of ether oxygens (including phenoxy) is 1. The summed E-state index contributed by atoms with van der Waals surface area (Å²) in [6.07, 6.45) is -0.126. The van der Waals surface area contributed by atoms with Crippen molar-refractivity contribution in [2.24, 2.45) is 0 Å². The van der Waals surface area contributed by atoms with Gasteiger partial charge in [0, 0.05) is 32.7 Å². The van der Waals surface area contributed by atoms with Crippen LogP contribution in [0.3, 0.4) is 0 Å². The van der Waals surface area contributed by atoms with Crippen molar-refractivity contribution in [2.45, 2.75) is 26.4 Å². The summed E-state index contributed by atoms with van der Waals surface area (Å²) in [4.78, 5) is 16.7. The van der Waals surface area contributed by atoms with Crippen LogP contribution in [0.1, 0.15) is 20.3 Å². The first kappa shape index (κ1) is 17.5. The first-order valence-electron chi connectivity index (χ1n) is 8.08. The molecule has 5 heteroatoms. The van der Waals surface area contributed by atoms with E-state index in [0.717, 1.165) is 25.2 Å². The molecule has 0 N–H and O–H groups in total. The van der Waals surface area contributed by atoms with Crippen molar-refractivity contribution in [2.75, 3.05) is 32.7 Å². The summed E-state index contributed by atoms with van der Waals surface area (Å²) in [5, 5.41) is 0. The highest BCUT2D eigenvalue weighted by Crippen LogP contribution is 2.19. The SMILES string of the molecule is C=C(C)CN1CCN(C(=O)[C@@H](CC)Oc2ccccc2F)CC1. The van der Waals surface area contributed by atoms with Crippen molar-refractivity contribution < 1.29 is 13.9 Å². The maximum atomic E-state index is 13.7. The van der Waals surface area contributed by atoms with E-state index in [0.29, 0.717) is 19.5 Å². The summed E-state index contributed by atoms with van der Waals surface area (Å²) < 4.78 is 19.3. The zero-order valence-corrected chi connectivity index (χ0v) is 13.9. The Morgan fingerprint density at radius 2 is 1.96 bits per heavy atom. The van der Waals surface area contributed by atoms with Crippen molar-refractivity contribution in [1.82, 2.24) is 9.80 Å². The molecular formula is C18H25FN2O2. The van der Waals surface area contributed by atoms with Crippen molar-refractivity contribution in [3.05, 3.63) is 42.2 Å². The number of carbonyl (C=O) groups is 1. The lowest BCUT2D eigenvalue weighted by Gasteiger charge is -2.36. The molecule has 0 bridgehead atoms. The molecule has 1 atom stereocenters. The smallest absolute Gasteiger partial charge is 0.263 e. The van der Waals surface area contributed by atoms with E-state index in [-0.39, 0.29) is 11.7 Å². The Kier molecular flexibility index (Phi) is 6.16. The highest BCUT2D eigenvalue weighted by molar-refractivity contribution is 5.81. The molecule has 1 heterocycles. The van der Waals surface area contributed by atoms with Crippen LogP contribution in [0.4, 0.5) is 4.39 Å². The minimum Gasteiger partial charge on any atom is -0.478 e. The van der Waals surface area contributed by atoms with Gasteiger partial charge in [0.1, 0.15) is 0 Å². The highest BCUT2D eigenvalue weighted by Gasteiger charge is 2.28. The number of hydrogen-bond donors (Lipinski definition) is 0. The second-order valence-corrected chi connectivity index (χ2v) is 6.00. The number of halogens is 1. The van der Waals surface area contributed by atoms with Crippen LogP contribution in [0.25, 0.3) is 0 Å². The molecule has 1 fully saturated rings. The largest absolute Gasteiger partial charge is 0.478 e. The van der Waals surface area contributed by atoms with Crippen LogP contribution in [0.15, 0.2) is 36.4 Å². The molecule has 1 amide bonds. The summed E-state index contributed by atoms with van der Waals surface area (Å²) in [5.41, 5.74) is 1.12.